The minimum atomic E-state index is 0.170. The van der Waals surface area contributed by atoms with E-state index in [-0.39, 0.29) is 17.7 Å². The van der Waals surface area contributed by atoms with Crippen LogP contribution in [-0.4, -0.2) is 18.9 Å². The second-order valence-corrected chi connectivity index (χ2v) is 5.76. The number of hydrogen-bond donors (Lipinski definition) is 1. The van der Waals surface area contributed by atoms with Crippen molar-refractivity contribution in [2.75, 3.05) is 11.9 Å². The van der Waals surface area contributed by atoms with E-state index in [1.807, 2.05) is 19.2 Å². The third-order valence-electron chi connectivity index (χ3n) is 4.43. The van der Waals surface area contributed by atoms with Crippen LogP contribution in [0.1, 0.15) is 36.8 Å². The molecule has 0 radical (unpaired) electrons. The summed E-state index contributed by atoms with van der Waals surface area (Å²) in [7, 11) is 1.82. The number of carbonyl (C=O) groups is 2. The van der Waals surface area contributed by atoms with E-state index in [2.05, 4.69) is 11.4 Å². The van der Waals surface area contributed by atoms with Gasteiger partial charge >= 0.3 is 0 Å². The molecule has 1 heterocycles. The molecule has 20 heavy (non-hydrogen) atoms. The molecule has 1 fully saturated rings. The zero-order valence-electron chi connectivity index (χ0n) is 11.8. The lowest BCUT2D eigenvalue weighted by atomic mass is 9.85. The molecule has 1 saturated carbocycles. The Morgan fingerprint density at radius 2 is 2.15 bits per heavy atom. The minimum absolute atomic E-state index is 0.170. The Balaban J connectivity index is 1.66. The van der Waals surface area contributed by atoms with Crippen molar-refractivity contribution in [3.8, 4) is 0 Å². The molecule has 2 aliphatic rings. The van der Waals surface area contributed by atoms with Crippen LogP contribution in [-0.2, 0) is 22.6 Å². The van der Waals surface area contributed by atoms with Crippen molar-refractivity contribution in [2.24, 2.45) is 5.92 Å². The maximum Gasteiger partial charge on any atom is 0.227 e. The zero-order chi connectivity index (χ0) is 14.1. The highest BCUT2D eigenvalue weighted by Crippen LogP contribution is 2.28. The molecule has 4 nitrogen and oxygen atoms in total. The van der Waals surface area contributed by atoms with Gasteiger partial charge in [0.25, 0.3) is 0 Å². The molecular formula is C16H20N2O2. The number of nitrogens with one attached hydrogen (secondary N) is 1. The fourth-order valence-electron chi connectivity index (χ4n) is 2.82. The van der Waals surface area contributed by atoms with Crippen molar-refractivity contribution >= 4 is 17.5 Å². The van der Waals surface area contributed by atoms with E-state index >= 15 is 0 Å². The molecule has 0 spiro atoms. The summed E-state index contributed by atoms with van der Waals surface area (Å²) >= 11 is 0. The zero-order valence-corrected chi connectivity index (χ0v) is 11.8. The average molecular weight is 272 g/mol. The van der Waals surface area contributed by atoms with Gasteiger partial charge in [-0.25, -0.2) is 0 Å². The molecule has 106 valence electrons. The molecule has 0 bridgehead atoms. The van der Waals surface area contributed by atoms with Crippen molar-refractivity contribution in [1.29, 1.82) is 0 Å². The van der Waals surface area contributed by atoms with E-state index < -0.39 is 0 Å². The largest absolute Gasteiger partial charge is 0.352 e. The van der Waals surface area contributed by atoms with Crippen LogP contribution in [0.15, 0.2) is 18.2 Å². The first-order valence-electron chi connectivity index (χ1n) is 7.31. The first kappa shape index (κ1) is 13.2. The van der Waals surface area contributed by atoms with Gasteiger partial charge in [0, 0.05) is 31.6 Å². The lowest BCUT2D eigenvalue weighted by Gasteiger charge is -2.26. The van der Waals surface area contributed by atoms with E-state index in [9.17, 15) is 9.59 Å². The van der Waals surface area contributed by atoms with Crippen LogP contribution < -0.4 is 10.2 Å². The average Bonchev–Trinajstić information content (AvgIpc) is 2.39. The lowest BCUT2D eigenvalue weighted by Crippen LogP contribution is -2.34. The highest BCUT2D eigenvalue weighted by atomic mass is 16.2. The summed E-state index contributed by atoms with van der Waals surface area (Å²) in [5.41, 5.74) is 3.30. The number of fused-ring (bicyclic) bond motifs is 1. The highest BCUT2D eigenvalue weighted by molar-refractivity contribution is 5.95. The quantitative estimate of drug-likeness (QED) is 0.915. The Labute approximate surface area is 119 Å². The van der Waals surface area contributed by atoms with Gasteiger partial charge in [0.05, 0.1) is 0 Å². The van der Waals surface area contributed by atoms with Gasteiger partial charge in [0.15, 0.2) is 0 Å². The fraction of sp³-hybridized carbons (Fsp3) is 0.500. The van der Waals surface area contributed by atoms with Gasteiger partial charge < -0.3 is 10.2 Å². The highest BCUT2D eigenvalue weighted by Gasteiger charge is 2.25. The van der Waals surface area contributed by atoms with Gasteiger partial charge in [-0.2, -0.15) is 0 Å². The summed E-state index contributed by atoms with van der Waals surface area (Å²) < 4.78 is 0. The normalized spacial score (nSPS) is 18.4. The molecule has 0 aromatic heterocycles. The molecule has 2 amide bonds. The van der Waals surface area contributed by atoms with E-state index in [1.54, 1.807) is 4.90 Å². The van der Waals surface area contributed by atoms with Crippen molar-refractivity contribution in [2.45, 2.75) is 38.6 Å². The molecule has 3 rings (SSSR count). The maximum absolute atomic E-state index is 11.8. The Kier molecular flexibility index (Phi) is 3.47. The molecule has 0 unspecified atom stereocenters. The van der Waals surface area contributed by atoms with Crippen LogP contribution in [0.25, 0.3) is 0 Å². The predicted octanol–water partition coefficient (Wildman–Crippen LogP) is 2.01. The summed E-state index contributed by atoms with van der Waals surface area (Å²) in [4.78, 5) is 25.2. The number of nitrogens with zero attached hydrogens (tertiary/aromatic N) is 1. The molecule has 1 N–H and O–H groups in total. The topological polar surface area (TPSA) is 49.4 Å². The second kappa shape index (κ2) is 5.27. The fourth-order valence-corrected chi connectivity index (χ4v) is 2.82. The second-order valence-electron chi connectivity index (χ2n) is 5.76. The van der Waals surface area contributed by atoms with E-state index in [0.717, 1.165) is 30.5 Å². The molecule has 1 aromatic rings. The summed E-state index contributed by atoms with van der Waals surface area (Å²) in [5, 5.41) is 3.01. The van der Waals surface area contributed by atoms with Crippen molar-refractivity contribution in [1.82, 2.24) is 5.32 Å². The summed E-state index contributed by atoms with van der Waals surface area (Å²) in [6.45, 7) is 0.584. The Hall–Kier alpha value is -1.84. The number of hydrogen-bond acceptors (Lipinski definition) is 2. The van der Waals surface area contributed by atoms with Crippen LogP contribution in [0.5, 0.6) is 0 Å². The molecule has 0 saturated heterocycles. The van der Waals surface area contributed by atoms with E-state index in [4.69, 9.17) is 0 Å². The van der Waals surface area contributed by atoms with Crippen molar-refractivity contribution in [3.05, 3.63) is 29.3 Å². The van der Waals surface area contributed by atoms with Crippen LogP contribution in [0.2, 0.25) is 0 Å². The first-order valence-corrected chi connectivity index (χ1v) is 7.31. The number of amides is 2. The smallest absolute Gasteiger partial charge is 0.227 e. The van der Waals surface area contributed by atoms with Gasteiger partial charge in [-0.05, 0) is 36.5 Å². The number of benzene rings is 1. The molecular weight excluding hydrogens is 252 g/mol. The third kappa shape index (κ3) is 2.42. The van der Waals surface area contributed by atoms with Gasteiger partial charge in [-0.15, -0.1) is 0 Å². The standard InChI is InChI=1S/C16H20N2O2/c1-18-14-7-5-11(9-13(14)6-8-15(18)19)10-17-16(20)12-3-2-4-12/h5,7,9,12H,2-4,6,8,10H2,1H3,(H,17,20). The number of rotatable bonds is 3. The monoisotopic (exact) mass is 272 g/mol. The van der Waals surface area contributed by atoms with Gasteiger partial charge in [-0.1, -0.05) is 18.6 Å². The molecule has 1 aliphatic heterocycles. The molecule has 4 heteroatoms. The number of aryl methyl sites for hydroxylation is 1. The first-order chi connectivity index (χ1) is 9.65. The number of anilines is 1. The van der Waals surface area contributed by atoms with Gasteiger partial charge in [-0.3, -0.25) is 9.59 Å². The third-order valence-corrected chi connectivity index (χ3v) is 4.43. The van der Waals surface area contributed by atoms with Gasteiger partial charge in [0.1, 0.15) is 0 Å². The Morgan fingerprint density at radius 3 is 2.85 bits per heavy atom. The van der Waals surface area contributed by atoms with E-state index in [0.29, 0.717) is 13.0 Å². The predicted molar refractivity (Wildman–Crippen MR) is 77.4 cm³/mol. The number of carbonyl (C=O) groups excluding carboxylic acids is 2. The maximum atomic E-state index is 11.8. The van der Waals surface area contributed by atoms with Crippen LogP contribution in [0.4, 0.5) is 5.69 Å². The molecule has 1 aromatic carbocycles. The molecule has 1 aliphatic carbocycles. The van der Waals surface area contributed by atoms with Crippen molar-refractivity contribution < 1.29 is 9.59 Å². The summed E-state index contributed by atoms with van der Waals surface area (Å²) in [6, 6.07) is 6.09. The lowest BCUT2D eigenvalue weighted by molar-refractivity contribution is -0.127. The van der Waals surface area contributed by atoms with E-state index in [1.165, 1.54) is 12.0 Å². The van der Waals surface area contributed by atoms with Crippen LogP contribution in [0, 0.1) is 5.92 Å². The minimum Gasteiger partial charge on any atom is -0.352 e. The van der Waals surface area contributed by atoms with Gasteiger partial charge in [0.2, 0.25) is 11.8 Å². The SMILES string of the molecule is CN1C(=O)CCc2cc(CNC(=O)C3CCC3)ccc21. The van der Waals surface area contributed by atoms with Crippen LogP contribution in [0.3, 0.4) is 0 Å². The Bertz CT molecular complexity index is 549. The Morgan fingerprint density at radius 1 is 1.35 bits per heavy atom. The summed E-state index contributed by atoms with van der Waals surface area (Å²) in [5.74, 6) is 0.584. The van der Waals surface area contributed by atoms with Crippen LogP contribution >= 0.6 is 0 Å². The molecule has 0 atom stereocenters. The van der Waals surface area contributed by atoms with Crippen molar-refractivity contribution in [3.63, 3.8) is 0 Å². The summed E-state index contributed by atoms with van der Waals surface area (Å²) in [6.07, 6.45) is 4.60.